The number of nitrogens with one attached hydrogen (secondary N) is 2. The summed E-state index contributed by atoms with van der Waals surface area (Å²) in [5.41, 5.74) is 1.34. The van der Waals surface area contributed by atoms with Crippen LogP contribution in [0.3, 0.4) is 0 Å². The van der Waals surface area contributed by atoms with Crippen molar-refractivity contribution in [1.82, 2.24) is 20.4 Å². The van der Waals surface area contributed by atoms with Crippen molar-refractivity contribution in [2.75, 3.05) is 13.1 Å². The van der Waals surface area contributed by atoms with E-state index in [9.17, 15) is 14.0 Å². The van der Waals surface area contributed by atoms with E-state index in [1.807, 2.05) is 13.8 Å². The molecule has 1 saturated heterocycles. The monoisotopic (exact) mass is 324 g/mol. The Labute approximate surface area is 135 Å². The van der Waals surface area contributed by atoms with Crippen LogP contribution in [-0.2, 0) is 4.79 Å². The summed E-state index contributed by atoms with van der Waals surface area (Å²) in [6, 6.07) is 1.71. The number of alkyl halides is 1. The quantitative estimate of drug-likeness (QED) is 0.840. The Morgan fingerprint density at radius 1 is 1.48 bits per heavy atom. The molecule has 1 aromatic heterocycles. The van der Waals surface area contributed by atoms with E-state index in [-0.39, 0.29) is 36.6 Å². The lowest BCUT2D eigenvalue weighted by molar-refractivity contribution is -0.122. The number of carbonyl (C=O) groups excluding carboxylic acids is 2. The van der Waals surface area contributed by atoms with Gasteiger partial charge in [-0.05, 0) is 31.7 Å². The summed E-state index contributed by atoms with van der Waals surface area (Å²) in [6.45, 7) is 6.56. The van der Waals surface area contributed by atoms with Gasteiger partial charge in [0.15, 0.2) is 0 Å². The topological polar surface area (TPSA) is 78.1 Å². The van der Waals surface area contributed by atoms with Gasteiger partial charge in [-0.15, -0.1) is 0 Å². The van der Waals surface area contributed by atoms with Crippen LogP contribution in [0.25, 0.3) is 0 Å². The predicted molar refractivity (Wildman–Crippen MR) is 84.9 cm³/mol. The molecule has 2 amide bonds. The number of likely N-dealkylation sites (tertiary alicyclic amines) is 1. The first-order valence-corrected chi connectivity index (χ1v) is 8.14. The van der Waals surface area contributed by atoms with Crippen molar-refractivity contribution in [3.05, 3.63) is 17.5 Å². The van der Waals surface area contributed by atoms with Gasteiger partial charge in [0, 0.05) is 31.2 Å². The Morgan fingerprint density at radius 3 is 2.83 bits per heavy atom. The van der Waals surface area contributed by atoms with Crippen LogP contribution in [0.5, 0.6) is 0 Å². The Kier molecular flexibility index (Phi) is 5.74. The first-order chi connectivity index (χ1) is 10.9. The number of carbonyl (C=O) groups is 2. The summed E-state index contributed by atoms with van der Waals surface area (Å²) < 4.78 is 12.7. The molecule has 0 aliphatic carbocycles. The second-order valence-corrected chi connectivity index (χ2v) is 6.49. The van der Waals surface area contributed by atoms with Crippen LogP contribution in [0, 0.1) is 0 Å². The molecular formula is C16H25FN4O2. The number of aromatic nitrogens is 2. The molecule has 2 rings (SSSR count). The van der Waals surface area contributed by atoms with E-state index in [0.717, 1.165) is 5.69 Å². The van der Waals surface area contributed by atoms with Gasteiger partial charge in [-0.3, -0.25) is 14.7 Å². The maximum absolute atomic E-state index is 12.7. The fourth-order valence-electron chi connectivity index (χ4n) is 2.60. The lowest BCUT2D eigenvalue weighted by atomic mass is 10.1. The Balaban J connectivity index is 1.84. The SMILES string of the molecule is CC(C)c1cc(C(=O)N2CC[C@@H](NC(=O)CC[C@H](C)F)C2)n[nH]1. The molecule has 0 spiro atoms. The molecule has 23 heavy (non-hydrogen) atoms. The zero-order chi connectivity index (χ0) is 17.0. The third-order valence-electron chi connectivity index (χ3n) is 4.05. The van der Waals surface area contributed by atoms with E-state index in [0.29, 0.717) is 25.2 Å². The largest absolute Gasteiger partial charge is 0.352 e. The van der Waals surface area contributed by atoms with Crippen molar-refractivity contribution in [3.8, 4) is 0 Å². The Morgan fingerprint density at radius 2 is 2.22 bits per heavy atom. The maximum Gasteiger partial charge on any atom is 0.274 e. The fraction of sp³-hybridized carbons (Fsp3) is 0.688. The summed E-state index contributed by atoms with van der Waals surface area (Å²) in [4.78, 5) is 25.8. The summed E-state index contributed by atoms with van der Waals surface area (Å²) in [6.07, 6.45) is 0.146. The van der Waals surface area contributed by atoms with E-state index in [2.05, 4.69) is 15.5 Å². The number of nitrogens with zero attached hydrogens (tertiary/aromatic N) is 2. The maximum atomic E-state index is 12.7. The molecule has 2 N–H and O–H groups in total. The van der Waals surface area contributed by atoms with Crippen LogP contribution in [-0.4, -0.2) is 52.2 Å². The molecule has 0 aromatic carbocycles. The van der Waals surface area contributed by atoms with Crippen molar-refractivity contribution in [2.24, 2.45) is 0 Å². The van der Waals surface area contributed by atoms with Crippen LogP contribution in [0.15, 0.2) is 6.07 Å². The molecule has 2 atom stereocenters. The third kappa shape index (κ3) is 4.77. The lowest BCUT2D eigenvalue weighted by Gasteiger charge is -2.16. The highest BCUT2D eigenvalue weighted by atomic mass is 19.1. The minimum absolute atomic E-state index is 0.0649. The van der Waals surface area contributed by atoms with Crippen molar-refractivity contribution >= 4 is 11.8 Å². The van der Waals surface area contributed by atoms with Gasteiger partial charge in [0.05, 0.1) is 6.17 Å². The van der Waals surface area contributed by atoms with Crippen molar-refractivity contribution in [2.45, 2.75) is 58.2 Å². The van der Waals surface area contributed by atoms with Gasteiger partial charge in [0.1, 0.15) is 5.69 Å². The molecule has 1 aromatic rings. The molecule has 1 aliphatic heterocycles. The van der Waals surface area contributed by atoms with Gasteiger partial charge in [0.25, 0.3) is 5.91 Å². The molecule has 128 valence electrons. The van der Waals surface area contributed by atoms with Crippen LogP contribution in [0.1, 0.15) is 62.1 Å². The highest BCUT2D eigenvalue weighted by molar-refractivity contribution is 5.92. The summed E-state index contributed by atoms with van der Waals surface area (Å²) in [7, 11) is 0. The number of halogens is 1. The van der Waals surface area contributed by atoms with Gasteiger partial charge < -0.3 is 10.2 Å². The predicted octanol–water partition coefficient (Wildman–Crippen LogP) is 2.00. The second kappa shape index (κ2) is 7.57. The van der Waals surface area contributed by atoms with E-state index in [1.165, 1.54) is 6.92 Å². The Bertz CT molecular complexity index is 556. The average Bonchev–Trinajstić information content (AvgIpc) is 3.13. The zero-order valence-electron chi connectivity index (χ0n) is 13.9. The number of H-pyrrole nitrogens is 1. The Hall–Kier alpha value is -1.92. The molecule has 0 saturated carbocycles. The normalized spacial score (nSPS) is 19.2. The van der Waals surface area contributed by atoms with E-state index >= 15 is 0 Å². The van der Waals surface area contributed by atoms with Gasteiger partial charge in [0.2, 0.25) is 5.91 Å². The number of amides is 2. The van der Waals surface area contributed by atoms with Crippen molar-refractivity contribution in [1.29, 1.82) is 0 Å². The van der Waals surface area contributed by atoms with Gasteiger partial charge in [-0.1, -0.05) is 13.8 Å². The zero-order valence-corrected chi connectivity index (χ0v) is 13.9. The molecule has 2 heterocycles. The second-order valence-electron chi connectivity index (χ2n) is 6.49. The first-order valence-electron chi connectivity index (χ1n) is 8.14. The van der Waals surface area contributed by atoms with Gasteiger partial charge >= 0.3 is 0 Å². The molecule has 1 fully saturated rings. The molecule has 7 heteroatoms. The third-order valence-corrected chi connectivity index (χ3v) is 4.05. The van der Waals surface area contributed by atoms with Crippen LogP contribution in [0.4, 0.5) is 4.39 Å². The molecule has 0 bridgehead atoms. The highest BCUT2D eigenvalue weighted by Gasteiger charge is 2.29. The van der Waals surface area contributed by atoms with Gasteiger partial charge in [-0.2, -0.15) is 5.10 Å². The average molecular weight is 324 g/mol. The lowest BCUT2D eigenvalue weighted by Crippen LogP contribution is -2.38. The number of hydrogen-bond acceptors (Lipinski definition) is 3. The molecule has 6 nitrogen and oxygen atoms in total. The highest BCUT2D eigenvalue weighted by Crippen LogP contribution is 2.16. The number of aromatic amines is 1. The van der Waals surface area contributed by atoms with E-state index < -0.39 is 6.17 Å². The number of rotatable bonds is 6. The number of hydrogen-bond donors (Lipinski definition) is 2. The molecule has 0 radical (unpaired) electrons. The standard InChI is InChI=1S/C16H25FN4O2/c1-10(2)13-8-14(20-19-13)16(23)21-7-6-12(9-21)18-15(22)5-4-11(3)17/h8,10-12H,4-7,9H2,1-3H3,(H,18,22)(H,19,20)/t11-,12+/m0/s1. The van der Waals surface area contributed by atoms with Crippen LogP contribution < -0.4 is 5.32 Å². The minimum atomic E-state index is -0.975. The molecular weight excluding hydrogens is 299 g/mol. The van der Waals surface area contributed by atoms with Crippen molar-refractivity contribution in [3.63, 3.8) is 0 Å². The first kappa shape index (κ1) is 17.4. The smallest absolute Gasteiger partial charge is 0.274 e. The summed E-state index contributed by atoms with van der Waals surface area (Å²) >= 11 is 0. The van der Waals surface area contributed by atoms with E-state index in [4.69, 9.17) is 0 Å². The van der Waals surface area contributed by atoms with Crippen molar-refractivity contribution < 1.29 is 14.0 Å². The summed E-state index contributed by atoms with van der Waals surface area (Å²) in [5, 5.41) is 9.82. The van der Waals surface area contributed by atoms with Crippen LogP contribution >= 0.6 is 0 Å². The molecule has 0 unspecified atom stereocenters. The summed E-state index contributed by atoms with van der Waals surface area (Å²) in [5.74, 6) is 0.00509. The van der Waals surface area contributed by atoms with Crippen LogP contribution in [0.2, 0.25) is 0 Å². The van der Waals surface area contributed by atoms with Gasteiger partial charge in [-0.25, -0.2) is 4.39 Å². The van der Waals surface area contributed by atoms with E-state index in [1.54, 1.807) is 11.0 Å². The minimum Gasteiger partial charge on any atom is -0.352 e. The fourth-order valence-corrected chi connectivity index (χ4v) is 2.60. The molecule has 1 aliphatic rings.